The maximum absolute atomic E-state index is 13.2. The molecule has 214 valence electrons. The van der Waals surface area contributed by atoms with Gasteiger partial charge in [0.15, 0.2) is 6.61 Å². The molecule has 8 nitrogen and oxygen atoms in total. The number of nitrogens with one attached hydrogen (secondary N) is 2. The quantitative estimate of drug-likeness (QED) is 0.284. The van der Waals surface area contributed by atoms with Crippen LogP contribution in [0.3, 0.4) is 0 Å². The first kappa shape index (κ1) is 30.9. The Hall–Kier alpha value is -3.63. The summed E-state index contributed by atoms with van der Waals surface area (Å²) in [7, 11) is -3.92. The predicted molar refractivity (Wildman–Crippen MR) is 153 cm³/mol. The van der Waals surface area contributed by atoms with E-state index in [9.17, 15) is 22.4 Å². The molecule has 3 aromatic rings. The number of hydrogen-bond acceptors (Lipinski definition) is 5. The lowest BCUT2D eigenvalue weighted by Crippen LogP contribution is -2.49. The zero-order valence-corrected chi connectivity index (χ0v) is 24.1. The first-order valence-corrected chi connectivity index (χ1v) is 14.6. The Morgan fingerprint density at radius 2 is 1.57 bits per heavy atom. The van der Waals surface area contributed by atoms with E-state index in [0.717, 1.165) is 24.1 Å². The van der Waals surface area contributed by atoms with Gasteiger partial charge in [-0.05, 0) is 85.5 Å². The van der Waals surface area contributed by atoms with Gasteiger partial charge in [0.25, 0.3) is 15.9 Å². The number of carbonyl (C=O) groups is 2. The number of nitrogens with zero attached hydrogens (tertiary/aromatic N) is 1. The molecule has 3 rings (SSSR count). The van der Waals surface area contributed by atoms with Gasteiger partial charge in [0.2, 0.25) is 5.91 Å². The van der Waals surface area contributed by atoms with E-state index in [4.69, 9.17) is 16.3 Å². The Balaban J connectivity index is 1.67. The van der Waals surface area contributed by atoms with Crippen LogP contribution < -0.4 is 14.8 Å². The minimum absolute atomic E-state index is 0.0356. The van der Waals surface area contributed by atoms with Crippen LogP contribution >= 0.6 is 11.6 Å². The van der Waals surface area contributed by atoms with Crippen molar-refractivity contribution in [3.8, 4) is 5.75 Å². The number of amides is 2. The van der Waals surface area contributed by atoms with Crippen molar-refractivity contribution < 1.29 is 27.1 Å². The van der Waals surface area contributed by atoms with Gasteiger partial charge >= 0.3 is 0 Å². The summed E-state index contributed by atoms with van der Waals surface area (Å²) >= 11 is 5.99. The third-order valence-electron chi connectivity index (χ3n) is 6.05. The predicted octanol–water partition coefficient (Wildman–Crippen LogP) is 5.24. The highest BCUT2D eigenvalue weighted by Gasteiger charge is 2.26. The molecule has 0 saturated heterocycles. The Labute approximate surface area is 239 Å². The van der Waals surface area contributed by atoms with E-state index in [2.05, 4.69) is 23.9 Å². The lowest BCUT2D eigenvalue weighted by Gasteiger charge is -2.29. The van der Waals surface area contributed by atoms with Gasteiger partial charge < -0.3 is 15.0 Å². The maximum atomic E-state index is 13.2. The number of hydrogen-bond donors (Lipinski definition) is 2. The summed E-state index contributed by atoms with van der Waals surface area (Å²) in [5.41, 5.74) is 1.01. The van der Waals surface area contributed by atoms with Gasteiger partial charge in [0.1, 0.15) is 17.6 Å². The van der Waals surface area contributed by atoms with Crippen molar-refractivity contribution in [1.82, 2.24) is 10.2 Å². The third-order valence-corrected chi connectivity index (χ3v) is 7.70. The zero-order valence-electron chi connectivity index (χ0n) is 22.6. The molecule has 0 aliphatic rings. The molecule has 2 amide bonds. The van der Waals surface area contributed by atoms with Crippen molar-refractivity contribution in [2.75, 3.05) is 17.9 Å². The van der Waals surface area contributed by atoms with Crippen molar-refractivity contribution in [1.29, 1.82) is 0 Å². The average Bonchev–Trinajstić information content (AvgIpc) is 2.92. The normalized spacial score (nSPS) is 12.1. The molecule has 0 aliphatic carbocycles. The molecule has 0 heterocycles. The van der Waals surface area contributed by atoms with E-state index in [1.165, 1.54) is 41.3 Å². The van der Waals surface area contributed by atoms with Gasteiger partial charge in [-0.25, -0.2) is 12.8 Å². The van der Waals surface area contributed by atoms with Crippen LogP contribution in [0.2, 0.25) is 5.02 Å². The minimum Gasteiger partial charge on any atom is -0.484 e. The van der Waals surface area contributed by atoms with Gasteiger partial charge in [0.05, 0.1) is 4.90 Å². The summed E-state index contributed by atoms with van der Waals surface area (Å²) < 4.78 is 46.4. The van der Waals surface area contributed by atoms with Gasteiger partial charge in [0, 0.05) is 23.8 Å². The molecule has 2 N–H and O–H groups in total. The van der Waals surface area contributed by atoms with Crippen LogP contribution in [0.25, 0.3) is 0 Å². The van der Waals surface area contributed by atoms with Crippen LogP contribution in [0.15, 0.2) is 77.7 Å². The molecule has 0 fully saturated rings. The van der Waals surface area contributed by atoms with E-state index in [1.54, 1.807) is 31.2 Å². The van der Waals surface area contributed by atoms with Gasteiger partial charge in [-0.1, -0.05) is 37.6 Å². The molecule has 1 atom stereocenters. The van der Waals surface area contributed by atoms with Crippen molar-refractivity contribution in [2.45, 2.75) is 44.7 Å². The first-order valence-electron chi connectivity index (χ1n) is 12.8. The van der Waals surface area contributed by atoms with E-state index < -0.39 is 27.8 Å². The van der Waals surface area contributed by atoms with Crippen LogP contribution in [0.1, 0.15) is 32.8 Å². The standard InChI is InChI=1S/C29H33ClFN3O5S/c1-20(2)16-17-32-29(36)21(3)34(18-22-4-6-23(30)7-5-22)28(35)19-39-26-12-14-27(15-13-26)40(37,38)33-25-10-8-24(31)9-11-25/h4-15,20-21,33H,16-19H2,1-3H3,(H,32,36)/t21-/m0/s1. The Morgan fingerprint density at radius 1 is 0.950 bits per heavy atom. The summed E-state index contributed by atoms with van der Waals surface area (Å²) in [5.74, 6) is -0.473. The van der Waals surface area contributed by atoms with Crippen LogP contribution in [0, 0.1) is 11.7 Å². The van der Waals surface area contributed by atoms with Crippen molar-refractivity contribution in [3.63, 3.8) is 0 Å². The molecule has 0 bridgehead atoms. The van der Waals surface area contributed by atoms with Gasteiger partial charge in [-0.2, -0.15) is 0 Å². The highest BCUT2D eigenvalue weighted by atomic mass is 35.5. The average molecular weight is 590 g/mol. The molecule has 0 radical (unpaired) electrons. The number of carbonyl (C=O) groups excluding carboxylic acids is 2. The smallest absolute Gasteiger partial charge is 0.261 e. The number of benzene rings is 3. The number of anilines is 1. The molecular formula is C29H33ClFN3O5S. The molecule has 3 aromatic carbocycles. The molecule has 11 heteroatoms. The number of halogens is 2. The number of sulfonamides is 1. The second kappa shape index (κ2) is 14.1. The van der Waals surface area contributed by atoms with Crippen molar-refractivity contribution in [2.24, 2.45) is 5.92 Å². The Morgan fingerprint density at radius 3 is 2.17 bits per heavy atom. The molecule has 0 unspecified atom stereocenters. The lowest BCUT2D eigenvalue weighted by atomic mass is 10.1. The van der Waals surface area contributed by atoms with Gasteiger partial charge in [-0.15, -0.1) is 0 Å². The van der Waals surface area contributed by atoms with Crippen LogP contribution in [-0.4, -0.2) is 44.3 Å². The molecule has 40 heavy (non-hydrogen) atoms. The second-order valence-electron chi connectivity index (χ2n) is 9.67. The summed E-state index contributed by atoms with van der Waals surface area (Å²) in [6, 6.07) is 16.7. The largest absolute Gasteiger partial charge is 0.484 e. The molecule has 0 saturated carbocycles. The second-order valence-corrected chi connectivity index (χ2v) is 11.8. The molecule has 0 aliphatic heterocycles. The molecule has 0 spiro atoms. The zero-order chi connectivity index (χ0) is 29.3. The Kier molecular flexibility index (Phi) is 10.9. The summed E-state index contributed by atoms with van der Waals surface area (Å²) in [4.78, 5) is 27.4. The van der Waals surface area contributed by atoms with Crippen LogP contribution in [0.4, 0.5) is 10.1 Å². The third kappa shape index (κ3) is 9.24. The molecule has 0 aromatic heterocycles. The SMILES string of the molecule is CC(C)CCNC(=O)[C@H](C)N(Cc1ccc(Cl)cc1)C(=O)COc1ccc(S(=O)(=O)Nc2ccc(F)cc2)cc1. The van der Waals surface area contributed by atoms with E-state index >= 15 is 0 Å². The summed E-state index contributed by atoms with van der Waals surface area (Å²) in [6.45, 7) is 6.10. The number of ether oxygens (including phenoxy) is 1. The monoisotopic (exact) mass is 589 g/mol. The van der Waals surface area contributed by atoms with Crippen molar-refractivity contribution >= 4 is 39.1 Å². The van der Waals surface area contributed by atoms with Crippen molar-refractivity contribution in [3.05, 3.63) is 89.2 Å². The van der Waals surface area contributed by atoms with Crippen LogP contribution in [0.5, 0.6) is 5.75 Å². The fourth-order valence-electron chi connectivity index (χ4n) is 3.68. The van der Waals surface area contributed by atoms with Gasteiger partial charge in [-0.3, -0.25) is 14.3 Å². The first-order chi connectivity index (χ1) is 18.9. The molecular weight excluding hydrogens is 557 g/mol. The summed E-state index contributed by atoms with van der Waals surface area (Å²) in [6.07, 6.45) is 0.817. The lowest BCUT2D eigenvalue weighted by molar-refractivity contribution is -0.142. The fourth-order valence-corrected chi connectivity index (χ4v) is 4.86. The topological polar surface area (TPSA) is 105 Å². The Bertz CT molecular complexity index is 1380. The van der Waals surface area contributed by atoms with E-state index in [1.807, 2.05) is 0 Å². The minimum atomic E-state index is -3.92. The highest BCUT2D eigenvalue weighted by Crippen LogP contribution is 2.20. The summed E-state index contributed by atoms with van der Waals surface area (Å²) in [5, 5.41) is 3.44. The maximum Gasteiger partial charge on any atom is 0.261 e. The van der Waals surface area contributed by atoms with Crippen LogP contribution in [-0.2, 0) is 26.2 Å². The van der Waals surface area contributed by atoms with E-state index in [0.29, 0.717) is 17.5 Å². The highest BCUT2D eigenvalue weighted by molar-refractivity contribution is 7.92. The fraction of sp³-hybridized carbons (Fsp3) is 0.310. The van der Waals surface area contributed by atoms with E-state index in [-0.39, 0.29) is 35.4 Å². The number of rotatable bonds is 13.